The Balaban J connectivity index is 2.10. The number of hydrogen-bond donors (Lipinski definition) is 1. The molecule has 0 radical (unpaired) electrons. The quantitative estimate of drug-likeness (QED) is 0.879. The number of aryl methyl sites for hydroxylation is 1. The molecule has 0 aromatic heterocycles. The van der Waals surface area contributed by atoms with Crippen molar-refractivity contribution in [2.45, 2.75) is 25.2 Å². The summed E-state index contributed by atoms with van der Waals surface area (Å²) < 4.78 is 11.5. The lowest BCUT2D eigenvalue weighted by Gasteiger charge is -2.06. The van der Waals surface area contributed by atoms with E-state index in [1.54, 1.807) is 6.26 Å². The fourth-order valence-electron chi connectivity index (χ4n) is 3.20. The second-order valence-electron chi connectivity index (χ2n) is 6.30. The number of hydrogen-bond acceptors (Lipinski definition) is 2. The summed E-state index contributed by atoms with van der Waals surface area (Å²) in [6.07, 6.45) is 3.75. The van der Waals surface area contributed by atoms with E-state index in [9.17, 15) is 14.1 Å². The molecular weight excluding hydrogens is 332 g/mol. The zero-order valence-corrected chi connectivity index (χ0v) is 15.3. The monoisotopic (exact) mass is 352 g/mol. The van der Waals surface area contributed by atoms with Gasteiger partial charge in [-0.3, -0.25) is 9.00 Å². The van der Waals surface area contributed by atoms with Gasteiger partial charge in [-0.15, -0.1) is 0 Å². The van der Waals surface area contributed by atoms with Crippen molar-refractivity contribution >= 4 is 34.0 Å². The lowest BCUT2D eigenvalue weighted by atomic mass is 9.99. The SMILES string of the molecule is CC1=C(CC(=O)O)c2cc(C)ccc2/C1=C/c1ccc(S(C)=O)cc1. The van der Waals surface area contributed by atoms with Crippen molar-refractivity contribution in [3.05, 3.63) is 70.3 Å². The smallest absolute Gasteiger partial charge is 0.307 e. The molecule has 2 aromatic rings. The molecular formula is C21H20O3S. The van der Waals surface area contributed by atoms with Crippen LogP contribution in [0.2, 0.25) is 0 Å². The van der Waals surface area contributed by atoms with Crippen LogP contribution >= 0.6 is 0 Å². The molecule has 3 rings (SSSR count). The van der Waals surface area contributed by atoms with Crippen LogP contribution in [0.4, 0.5) is 0 Å². The van der Waals surface area contributed by atoms with Crippen LogP contribution in [-0.4, -0.2) is 21.5 Å². The molecule has 3 nitrogen and oxygen atoms in total. The van der Waals surface area contributed by atoms with Gasteiger partial charge in [-0.05, 0) is 65.5 Å². The van der Waals surface area contributed by atoms with Crippen LogP contribution in [-0.2, 0) is 15.6 Å². The lowest BCUT2D eigenvalue weighted by molar-refractivity contribution is -0.135. The predicted octanol–water partition coefficient (Wildman–Crippen LogP) is 4.53. The predicted molar refractivity (Wildman–Crippen MR) is 103 cm³/mol. The molecule has 0 heterocycles. The fourth-order valence-corrected chi connectivity index (χ4v) is 3.72. The molecule has 0 saturated carbocycles. The zero-order valence-electron chi connectivity index (χ0n) is 14.5. The summed E-state index contributed by atoms with van der Waals surface area (Å²) in [6, 6.07) is 13.8. The largest absolute Gasteiger partial charge is 0.481 e. The first kappa shape index (κ1) is 17.4. The third-order valence-electron chi connectivity index (χ3n) is 4.50. The van der Waals surface area contributed by atoms with E-state index in [0.29, 0.717) is 0 Å². The van der Waals surface area contributed by atoms with Crippen LogP contribution in [0.25, 0.3) is 17.2 Å². The average molecular weight is 352 g/mol. The Morgan fingerprint density at radius 2 is 1.76 bits per heavy atom. The van der Waals surface area contributed by atoms with Crippen LogP contribution < -0.4 is 0 Å². The number of carboxylic acid groups (broad SMARTS) is 1. The van der Waals surface area contributed by atoms with E-state index in [2.05, 4.69) is 18.2 Å². The number of allylic oxidation sites excluding steroid dienone is 2. The van der Waals surface area contributed by atoms with Crippen LogP contribution in [0.1, 0.15) is 35.6 Å². The van der Waals surface area contributed by atoms with Gasteiger partial charge in [0.05, 0.1) is 6.42 Å². The Labute approximate surface area is 150 Å². The molecule has 0 fully saturated rings. The molecule has 0 amide bonds. The Morgan fingerprint density at radius 3 is 2.36 bits per heavy atom. The summed E-state index contributed by atoms with van der Waals surface area (Å²) in [5.74, 6) is -0.821. The van der Waals surface area contributed by atoms with E-state index in [0.717, 1.165) is 43.9 Å². The van der Waals surface area contributed by atoms with Gasteiger partial charge in [-0.25, -0.2) is 0 Å². The van der Waals surface area contributed by atoms with Gasteiger partial charge < -0.3 is 5.11 Å². The molecule has 2 aromatic carbocycles. The normalized spacial score (nSPS) is 16.2. The number of aliphatic carboxylic acids is 1. The van der Waals surface area contributed by atoms with Gasteiger partial charge in [-0.2, -0.15) is 0 Å². The van der Waals surface area contributed by atoms with E-state index in [1.807, 2.05) is 44.2 Å². The molecule has 0 aliphatic heterocycles. The summed E-state index contributed by atoms with van der Waals surface area (Å²) in [4.78, 5) is 12.1. The van der Waals surface area contributed by atoms with Crippen LogP contribution in [0.3, 0.4) is 0 Å². The number of fused-ring (bicyclic) bond motifs is 1. The molecule has 25 heavy (non-hydrogen) atoms. The molecule has 1 atom stereocenters. The minimum Gasteiger partial charge on any atom is -0.481 e. The lowest BCUT2D eigenvalue weighted by Crippen LogP contribution is -1.97. The third-order valence-corrected chi connectivity index (χ3v) is 5.43. The maximum Gasteiger partial charge on any atom is 0.307 e. The topological polar surface area (TPSA) is 54.4 Å². The van der Waals surface area contributed by atoms with E-state index in [4.69, 9.17) is 0 Å². The number of rotatable bonds is 4. The Bertz CT molecular complexity index is 934. The third kappa shape index (κ3) is 3.49. The maximum absolute atomic E-state index is 11.5. The van der Waals surface area contributed by atoms with Crippen molar-refractivity contribution < 1.29 is 14.1 Å². The highest BCUT2D eigenvalue weighted by molar-refractivity contribution is 7.84. The van der Waals surface area contributed by atoms with Gasteiger partial charge in [-0.1, -0.05) is 35.9 Å². The van der Waals surface area contributed by atoms with Crippen LogP contribution in [0.5, 0.6) is 0 Å². The molecule has 1 aliphatic carbocycles. The highest BCUT2D eigenvalue weighted by atomic mass is 32.2. The molecule has 128 valence electrons. The van der Waals surface area contributed by atoms with E-state index >= 15 is 0 Å². The first-order valence-corrected chi connectivity index (χ1v) is 9.61. The van der Waals surface area contributed by atoms with E-state index < -0.39 is 16.8 Å². The van der Waals surface area contributed by atoms with Gasteiger partial charge in [0.2, 0.25) is 0 Å². The fraction of sp³-hybridized carbons (Fsp3) is 0.190. The number of carbonyl (C=O) groups is 1. The second-order valence-corrected chi connectivity index (χ2v) is 7.68. The van der Waals surface area contributed by atoms with Crippen molar-refractivity contribution in [2.24, 2.45) is 0 Å². The van der Waals surface area contributed by atoms with Crippen molar-refractivity contribution in [3.8, 4) is 0 Å². The molecule has 1 aliphatic rings. The minimum absolute atomic E-state index is 0.0212. The highest BCUT2D eigenvalue weighted by Gasteiger charge is 2.25. The number of benzene rings is 2. The summed E-state index contributed by atoms with van der Waals surface area (Å²) in [7, 11) is -0.995. The van der Waals surface area contributed by atoms with Crippen molar-refractivity contribution in [1.82, 2.24) is 0 Å². The first-order chi connectivity index (χ1) is 11.9. The Hall–Kier alpha value is -2.46. The van der Waals surface area contributed by atoms with Gasteiger partial charge in [0.1, 0.15) is 0 Å². The van der Waals surface area contributed by atoms with Crippen LogP contribution in [0.15, 0.2) is 52.9 Å². The number of carboxylic acids is 1. The van der Waals surface area contributed by atoms with Gasteiger partial charge >= 0.3 is 5.97 Å². The van der Waals surface area contributed by atoms with Crippen molar-refractivity contribution in [2.75, 3.05) is 6.26 Å². The van der Waals surface area contributed by atoms with Gasteiger partial charge in [0, 0.05) is 22.0 Å². The maximum atomic E-state index is 11.5. The van der Waals surface area contributed by atoms with Crippen LogP contribution in [0, 0.1) is 6.92 Å². The second kappa shape index (κ2) is 6.81. The molecule has 0 saturated heterocycles. The van der Waals surface area contributed by atoms with Crippen molar-refractivity contribution in [1.29, 1.82) is 0 Å². The highest BCUT2D eigenvalue weighted by Crippen LogP contribution is 2.43. The Kier molecular flexibility index (Phi) is 4.73. The standard InChI is InChI=1S/C21H20O3S/c1-13-4-9-17-18(11-15-5-7-16(8-6-15)25(3)24)14(2)19(12-21(22)23)20(17)10-13/h4-11H,12H2,1-3H3,(H,22,23)/b18-11+. The molecule has 1 N–H and O–H groups in total. The minimum atomic E-state index is -0.995. The zero-order chi connectivity index (χ0) is 18.1. The summed E-state index contributed by atoms with van der Waals surface area (Å²) in [5.41, 5.74) is 7.14. The van der Waals surface area contributed by atoms with Crippen molar-refractivity contribution in [3.63, 3.8) is 0 Å². The molecule has 0 bridgehead atoms. The first-order valence-electron chi connectivity index (χ1n) is 8.05. The van der Waals surface area contributed by atoms with E-state index in [1.165, 1.54) is 0 Å². The van der Waals surface area contributed by atoms with E-state index in [-0.39, 0.29) is 6.42 Å². The molecule has 4 heteroatoms. The van der Waals surface area contributed by atoms with Gasteiger partial charge in [0.25, 0.3) is 0 Å². The summed E-state index contributed by atoms with van der Waals surface area (Å²) >= 11 is 0. The average Bonchev–Trinajstić information content (AvgIpc) is 2.80. The molecule has 1 unspecified atom stereocenters. The summed E-state index contributed by atoms with van der Waals surface area (Å²) in [6.45, 7) is 3.99. The summed E-state index contributed by atoms with van der Waals surface area (Å²) in [5, 5.41) is 9.26. The van der Waals surface area contributed by atoms with Gasteiger partial charge in [0.15, 0.2) is 0 Å². The Morgan fingerprint density at radius 1 is 1.08 bits per heavy atom. The molecule has 0 spiro atoms.